The first-order valence-electron chi connectivity index (χ1n) is 8.36. The van der Waals surface area contributed by atoms with E-state index in [1.807, 2.05) is 0 Å². The van der Waals surface area contributed by atoms with E-state index in [1.165, 1.54) is 74.6 Å². The van der Waals surface area contributed by atoms with Crippen LogP contribution in [-0.2, 0) is 6.42 Å². The number of hydrogen-bond donors (Lipinski definition) is 1. The molecule has 0 saturated heterocycles. The lowest BCUT2D eigenvalue weighted by Gasteiger charge is -2.38. The van der Waals surface area contributed by atoms with E-state index in [0.29, 0.717) is 5.41 Å². The van der Waals surface area contributed by atoms with Gasteiger partial charge >= 0.3 is 0 Å². The molecule has 112 valence electrons. The van der Waals surface area contributed by atoms with E-state index >= 15 is 0 Å². The van der Waals surface area contributed by atoms with Crippen molar-refractivity contribution in [2.75, 3.05) is 13.6 Å². The van der Waals surface area contributed by atoms with Crippen LogP contribution in [0, 0.1) is 19.3 Å². The van der Waals surface area contributed by atoms with Crippen molar-refractivity contribution >= 4 is 0 Å². The fourth-order valence-corrected chi connectivity index (χ4v) is 3.69. The van der Waals surface area contributed by atoms with Gasteiger partial charge in [0.05, 0.1) is 0 Å². The van der Waals surface area contributed by atoms with Crippen molar-refractivity contribution < 1.29 is 0 Å². The summed E-state index contributed by atoms with van der Waals surface area (Å²) in [6, 6.07) is 7.01. The number of hydrogen-bond acceptors (Lipinski definition) is 1. The first kappa shape index (κ1) is 15.6. The van der Waals surface area contributed by atoms with Crippen LogP contribution in [0.2, 0.25) is 0 Å². The predicted molar refractivity (Wildman–Crippen MR) is 88.3 cm³/mol. The van der Waals surface area contributed by atoms with Gasteiger partial charge < -0.3 is 5.32 Å². The van der Waals surface area contributed by atoms with Crippen LogP contribution >= 0.6 is 0 Å². The molecule has 1 saturated carbocycles. The molecule has 0 amide bonds. The van der Waals surface area contributed by atoms with E-state index in [4.69, 9.17) is 0 Å². The van der Waals surface area contributed by atoms with Crippen molar-refractivity contribution in [1.82, 2.24) is 5.32 Å². The molecule has 1 aromatic carbocycles. The molecule has 0 heterocycles. The number of aryl methyl sites for hydroxylation is 3. The highest BCUT2D eigenvalue weighted by Crippen LogP contribution is 2.42. The van der Waals surface area contributed by atoms with Crippen molar-refractivity contribution in [1.29, 1.82) is 0 Å². The van der Waals surface area contributed by atoms with Gasteiger partial charge in [0.1, 0.15) is 0 Å². The summed E-state index contributed by atoms with van der Waals surface area (Å²) in [5.74, 6) is 0. The summed E-state index contributed by atoms with van der Waals surface area (Å²) in [6.45, 7) is 5.61. The Hall–Kier alpha value is -0.820. The third kappa shape index (κ3) is 4.09. The molecule has 1 aliphatic rings. The van der Waals surface area contributed by atoms with E-state index in [2.05, 4.69) is 44.4 Å². The molecule has 20 heavy (non-hydrogen) atoms. The zero-order valence-electron chi connectivity index (χ0n) is 13.6. The first-order chi connectivity index (χ1) is 9.65. The monoisotopic (exact) mass is 273 g/mol. The van der Waals surface area contributed by atoms with Crippen LogP contribution in [0.25, 0.3) is 0 Å². The van der Waals surface area contributed by atoms with Crippen molar-refractivity contribution in [3.63, 3.8) is 0 Å². The normalized spacial score (nSPS) is 18.1. The fourth-order valence-electron chi connectivity index (χ4n) is 3.69. The minimum atomic E-state index is 0.611. The Balaban J connectivity index is 1.98. The lowest BCUT2D eigenvalue weighted by molar-refractivity contribution is 0.157. The molecule has 0 spiro atoms. The van der Waals surface area contributed by atoms with Gasteiger partial charge in [0.15, 0.2) is 0 Å². The van der Waals surface area contributed by atoms with Crippen LogP contribution in [0.15, 0.2) is 18.2 Å². The maximum Gasteiger partial charge on any atom is -0.00466 e. The average molecular weight is 273 g/mol. The molecule has 1 aromatic rings. The van der Waals surface area contributed by atoms with Crippen LogP contribution in [0.4, 0.5) is 0 Å². The van der Waals surface area contributed by atoms with Gasteiger partial charge in [0, 0.05) is 0 Å². The second-order valence-electron chi connectivity index (χ2n) is 6.83. The standard InChI is InChI=1S/C19H31N/c1-16-7-8-18(15-17(16)2)9-12-19(13-14-20-3)10-5-4-6-11-19/h7-8,15,20H,4-6,9-14H2,1-3H3. The van der Waals surface area contributed by atoms with Crippen molar-refractivity contribution in [2.24, 2.45) is 5.41 Å². The summed E-state index contributed by atoms with van der Waals surface area (Å²) in [5, 5.41) is 3.35. The van der Waals surface area contributed by atoms with Gasteiger partial charge in [-0.15, -0.1) is 0 Å². The quantitative estimate of drug-likeness (QED) is 0.785. The minimum Gasteiger partial charge on any atom is -0.320 e. The topological polar surface area (TPSA) is 12.0 Å². The highest BCUT2D eigenvalue weighted by atomic mass is 14.8. The third-order valence-corrected chi connectivity index (χ3v) is 5.33. The van der Waals surface area contributed by atoms with Gasteiger partial charge in [-0.2, -0.15) is 0 Å². The molecule has 0 radical (unpaired) electrons. The van der Waals surface area contributed by atoms with Gasteiger partial charge in [0.25, 0.3) is 0 Å². The summed E-state index contributed by atoms with van der Waals surface area (Å²) in [7, 11) is 2.08. The highest BCUT2D eigenvalue weighted by molar-refractivity contribution is 5.30. The van der Waals surface area contributed by atoms with Crippen molar-refractivity contribution in [3.8, 4) is 0 Å². The Labute approximate surface area is 125 Å². The van der Waals surface area contributed by atoms with Gasteiger partial charge in [-0.25, -0.2) is 0 Å². The summed E-state index contributed by atoms with van der Waals surface area (Å²) >= 11 is 0. The molecule has 0 atom stereocenters. The van der Waals surface area contributed by atoms with E-state index in [1.54, 1.807) is 0 Å². The Kier molecular flexibility index (Phi) is 5.65. The molecular weight excluding hydrogens is 242 g/mol. The van der Waals surface area contributed by atoms with Crippen LogP contribution in [0.5, 0.6) is 0 Å². The predicted octanol–water partition coefficient (Wildman–Crippen LogP) is 4.80. The van der Waals surface area contributed by atoms with Crippen LogP contribution < -0.4 is 5.32 Å². The van der Waals surface area contributed by atoms with Gasteiger partial charge in [-0.1, -0.05) is 37.5 Å². The zero-order chi connectivity index (χ0) is 14.4. The molecule has 1 aliphatic carbocycles. The molecule has 1 N–H and O–H groups in total. The van der Waals surface area contributed by atoms with Crippen LogP contribution in [-0.4, -0.2) is 13.6 Å². The second kappa shape index (κ2) is 7.26. The van der Waals surface area contributed by atoms with Crippen LogP contribution in [0.1, 0.15) is 61.6 Å². The summed E-state index contributed by atoms with van der Waals surface area (Å²) in [5.41, 5.74) is 4.99. The fraction of sp³-hybridized carbons (Fsp3) is 0.684. The molecule has 1 heteroatoms. The molecule has 0 aliphatic heterocycles. The van der Waals surface area contributed by atoms with Crippen LogP contribution in [0.3, 0.4) is 0 Å². The largest absolute Gasteiger partial charge is 0.320 e. The van der Waals surface area contributed by atoms with Crippen molar-refractivity contribution in [2.45, 2.75) is 65.2 Å². The summed E-state index contributed by atoms with van der Waals surface area (Å²) in [6.07, 6.45) is 11.2. The molecule has 1 fully saturated rings. The van der Waals surface area contributed by atoms with Crippen molar-refractivity contribution in [3.05, 3.63) is 34.9 Å². The number of benzene rings is 1. The van der Waals surface area contributed by atoms with Gasteiger partial charge in [-0.3, -0.25) is 0 Å². The maximum atomic E-state index is 3.35. The summed E-state index contributed by atoms with van der Waals surface area (Å²) in [4.78, 5) is 0. The Morgan fingerprint density at radius 2 is 1.75 bits per heavy atom. The maximum absolute atomic E-state index is 3.35. The smallest absolute Gasteiger partial charge is 0.00466 e. The summed E-state index contributed by atoms with van der Waals surface area (Å²) < 4.78 is 0. The second-order valence-corrected chi connectivity index (χ2v) is 6.83. The van der Waals surface area contributed by atoms with E-state index in [9.17, 15) is 0 Å². The van der Waals surface area contributed by atoms with E-state index < -0.39 is 0 Å². The molecular formula is C19H31N. The minimum absolute atomic E-state index is 0.611. The molecule has 0 unspecified atom stereocenters. The SMILES string of the molecule is CNCCC1(CCc2ccc(C)c(C)c2)CCCCC1. The average Bonchev–Trinajstić information content (AvgIpc) is 2.48. The number of nitrogens with one attached hydrogen (secondary N) is 1. The Bertz CT molecular complexity index is 416. The molecule has 0 aromatic heterocycles. The molecule has 1 nitrogen and oxygen atoms in total. The first-order valence-corrected chi connectivity index (χ1v) is 8.36. The third-order valence-electron chi connectivity index (χ3n) is 5.33. The lowest BCUT2D eigenvalue weighted by atomic mass is 9.68. The van der Waals surface area contributed by atoms with E-state index in [0.717, 1.165) is 0 Å². The van der Waals surface area contributed by atoms with Gasteiger partial charge in [-0.05, 0) is 81.6 Å². The molecule has 2 rings (SSSR count). The highest BCUT2D eigenvalue weighted by Gasteiger charge is 2.30. The zero-order valence-corrected chi connectivity index (χ0v) is 13.6. The molecule has 0 bridgehead atoms. The Morgan fingerprint density at radius 3 is 2.40 bits per heavy atom. The van der Waals surface area contributed by atoms with E-state index in [-0.39, 0.29) is 0 Å². The van der Waals surface area contributed by atoms with Gasteiger partial charge in [0.2, 0.25) is 0 Å². The Morgan fingerprint density at radius 1 is 1.00 bits per heavy atom. The number of rotatable bonds is 6. The lowest BCUT2D eigenvalue weighted by Crippen LogP contribution is -2.29.